The predicted octanol–water partition coefficient (Wildman–Crippen LogP) is 4.25. The van der Waals surface area contributed by atoms with Crippen LogP contribution in [0.5, 0.6) is 0 Å². The molecule has 0 aromatic heterocycles. The third-order valence-corrected chi connectivity index (χ3v) is 7.09. The molecule has 0 amide bonds. The van der Waals surface area contributed by atoms with Crippen molar-refractivity contribution < 1.29 is 13.3 Å². The summed E-state index contributed by atoms with van der Waals surface area (Å²) in [6.45, 7) is 16.9. The molecule has 0 saturated carbocycles. The van der Waals surface area contributed by atoms with Crippen molar-refractivity contribution >= 4 is 8.80 Å². The Morgan fingerprint density at radius 3 is 1.56 bits per heavy atom. The first-order valence-electron chi connectivity index (χ1n) is 7.27. The van der Waals surface area contributed by atoms with E-state index in [0.29, 0.717) is 25.7 Å². The Morgan fingerprint density at radius 1 is 0.889 bits per heavy atom. The van der Waals surface area contributed by atoms with Crippen molar-refractivity contribution in [1.29, 1.82) is 0 Å². The molecule has 4 heteroatoms. The van der Waals surface area contributed by atoms with Gasteiger partial charge in [0.1, 0.15) is 0 Å². The minimum atomic E-state index is -2.59. The van der Waals surface area contributed by atoms with Crippen LogP contribution in [0.3, 0.4) is 0 Å². The Morgan fingerprint density at radius 2 is 1.28 bits per heavy atom. The summed E-state index contributed by atoms with van der Waals surface area (Å²) in [7, 11) is -2.59. The van der Waals surface area contributed by atoms with E-state index in [9.17, 15) is 0 Å². The maximum Gasteiger partial charge on any atom is 0.506 e. The van der Waals surface area contributed by atoms with E-state index in [2.05, 4.69) is 27.7 Å². The third-order valence-electron chi connectivity index (χ3n) is 3.18. The maximum atomic E-state index is 6.00. The zero-order valence-electron chi connectivity index (χ0n) is 13.3. The van der Waals surface area contributed by atoms with Gasteiger partial charge in [-0.3, -0.25) is 0 Å². The second-order valence-corrected chi connectivity index (χ2v) is 9.00. The van der Waals surface area contributed by atoms with Crippen molar-refractivity contribution in [3.63, 3.8) is 0 Å². The molecule has 0 saturated heterocycles. The second-order valence-electron chi connectivity index (χ2n) is 5.67. The number of hydrogen-bond acceptors (Lipinski definition) is 3. The Labute approximate surface area is 115 Å². The van der Waals surface area contributed by atoms with Gasteiger partial charge in [-0.15, -0.1) is 0 Å². The fourth-order valence-electron chi connectivity index (χ4n) is 2.08. The van der Waals surface area contributed by atoms with E-state index in [1.807, 2.05) is 20.8 Å². The average molecular weight is 276 g/mol. The molecule has 0 radical (unpaired) electrons. The molecule has 0 aromatic carbocycles. The monoisotopic (exact) mass is 276 g/mol. The minimum absolute atomic E-state index is 0.0285. The first kappa shape index (κ1) is 18.1. The number of hydrogen-bond donors (Lipinski definition) is 0. The van der Waals surface area contributed by atoms with E-state index < -0.39 is 8.80 Å². The second kappa shape index (κ2) is 8.30. The molecule has 110 valence electrons. The molecule has 3 nitrogen and oxygen atoms in total. The van der Waals surface area contributed by atoms with E-state index in [-0.39, 0.29) is 5.04 Å². The SMILES string of the molecule is CCO[Si](OCC)(OCC)C(C)(C)CCC(C)C. The van der Waals surface area contributed by atoms with Crippen LogP contribution in [0, 0.1) is 5.92 Å². The molecule has 0 bridgehead atoms. The molecule has 0 aliphatic heterocycles. The van der Waals surface area contributed by atoms with Gasteiger partial charge >= 0.3 is 8.80 Å². The summed E-state index contributed by atoms with van der Waals surface area (Å²) in [5, 5.41) is -0.0285. The highest BCUT2D eigenvalue weighted by Crippen LogP contribution is 2.44. The smallest absolute Gasteiger partial charge is 0.373 e. The van der Waals surface area contributed by atoms with Gasteiger partial charge in [-0.2, -0.15) is 0 Å². The molecule has 0 heterocycles. The zero-order chi connectivity index (χ0) is 14.2. The van der Waals surface area contributed by atoms with Crippen molar-refractivity contribution in [2.45, 2.75) is 66.3 Å². The van der Waals surface area contributed by atoms with Gasteiger partial charge < -0.3 is 13.3 Å². The first-order valence-corrected chi connectivity index (χ1v) is 8.99. The lowest BCUT2D eigenvalue weighted by molar-refractivity contribution is 0.0456. The van der Waals surface area contributed by atoms with E-state index in [4.69, 9.17) is 13.3 Å². The van der Waals surface area contributed by atoms with Crippen molar-refractivity contribution in [1.82, 2.24) is 0 Å². The van der Waals surface area contributed by atoms with Gasteiger partial charge in [-0.1, -0.05) is 34.1 Å². The molecule has 0 aromatic rings. The molecule has 0 fully saturated rings. The van der Waals surface area contributed by atoms with Crippen LogP contribution >= 0.6 is 0 Å². The zero-order valence-corrected chi connectivity index (χ0v) is 14.3. The average Bonchev–Trinajstić information content (AvgIpc) is 2.27. The summed E-state index contributed by atoms with van der Waals surface area (Å²) in [5.41, 5.74) is 0. The van der Waals surface area contributed by atoms with Gasteiger partial charge in [0.15, 0.2) is 0 Å². The first-order chi connectivity index (χ1) is 8.35. The normalized spacial score (nSPS) is 13.3. The van der Waals surface area contributed by atoms with E-state index in [1.165, 1.54) is 6.42 Å². The number of rotatable bonds is 10. The maximum absolute atomic E-state index is 6.00. The lowest BCUT2D eigenvalue weighted by Crippen LogP contribution is -2.54. The quantitative estimate of drug-likeness (QED) is 0.558. The molecular weight excluding hydrogens is 244 g/mol. The molecule has 18 heavy (non-hydrogen) atoms. The summed E-state index contributed by atoms with van der Waals surface area (Å²) in [4.78, 5) is 0. The van der Waals surface area contributed by atoms with Gasteiger partial charge in [0.2, 0.25) is 0 Å². The molecule has 0 spiro atoms. The van der Waals surface area contributed by atoms with Crippen LogP contribution in [0.25, 0.3) is 0 Å². The predicted molar refractivity (Wildman–Crippen MR) is 78.7 cm³/mol. The van der Waals surface area contributed by atoms with Crippen LogP contribution in [0.2, 0.25) is 5.04 Å². The van der Waals surface area contributed by atoms with E-state index >= 15 is 0 Å². The van der Waals surface area contributed by atoms with Crippen LogP contribution in [-0.4, -0.2) is 28.6 Å². The van der Waals surface area contributed by atoms with Crippen molar-refractivity contribution in [3.05, 3.63) is 0 Å². The third kappa shape index (κ3) is 5.00. The van der Waals surface area contributed by atoms with Crippen LogP contribution < -0.4 is 0 Å². The van der Waals surface area contributed by atoms with Crippen LogP contribution in [0.4, 0.5) is 0 Å². The van der Waals surface area contributed by atoms with Crippen LogP contribution in [0.15, 0.2) is 0 Å². The lowest BCUT2D eigenvalue weighted by atomic mass is 10.0. The van der Waals surface area contributed by atoms with Crippen molar-refractivity contribution in [2.75, 3.05) is 19.8 Å². The highest BCUT2D eigenvalue weighted by atomic mass is 28.4. The largest absolute Gasteiger partial charge is 0.506 e. The summed E-state index contributed by atoms with van der Waals surface area (Å²) >= 11 is 0. The summed E-state index contributed by atoms with van der Waals surface area (Å²) < 4.78 is 18.0. The Kier molecular flexibility index (Phi) is 8.35. The molecule has 0 rings (SSSR count). The lowest BCUT2D eigenvalue weighted by Gasteiger charge is -2.41. The van der Waals surface area contributed by atoms with Crippen LogP contribution in [0.1, 0.15) is 61.3 Å². The summed E-state index contributed by atoms with van der Waals surface area (Å²) in [6, 6.07) is 0. The summed E-state index contributed by atoms with van der Waals surface area (Å²) in [6.07, 6.45) is 2.26. The fourth-order valence-corrected chi connectivity index (χ4v) is 5.10. The van der Waals surface area contributed by atoms with Gasteiger partial charge in [0.25, 0.3) is 0 Å². The molecule has 0 N–H and O–H groups in total. The van der Waals surface area contributed by atoms with Crippen LogP contribution in [-0.2, 0) is 13.3 Å². The standard InChI is InChI=1S/C14H32O3Si/c1-8-15-18(16-9-2,17-10-3)14(6,7)12-11-13(4)5/h13H,8-12H2,1-7H3. The molecule has 0 aliphatic rings. The fraction of sp³-hybridized carbons (Fsp3) is 1.00. The Balaban J connectivity index is 4.97. The summed E-state index contributed by atoms with van der Waals surface area (Å²) in [5.74, 6) is 0.695. The van der Waals surface area contributed by atoms with Gasteiger partial charge in [-0.25, -0.2) is 0 Å². The Bertz CT molecular complexity index is 200. The van der Waals surface area contributed by atoms with Gasteiger partial charge in [-0.05, 0) is 33.1 Å². The molecular formula is C14H32O3Si. The highest BCUT2D eigenvalue weighted by Gasteiger charge is 2.54. The topological polar surface area (TPSA) is 27.7 Å². The Hall–Kier alpha value is 0.0969. The van der Waals surface area contributed by atoms with E-state index in [1.54, 1.807) is 0 Å². The highest BCUT2D eigenvalue weighted by molar-refractivity contribution is 6.64. The molecule has 0 unspecified atom stereocenters. The molecule has 0 atom stereocenters. The van der Waals surface area contributed by atoms with Gasteiger partial charge in [0.05, 0.1) is 0 Å². The molecule has 0 aliphatic carbocycles. The van der Waals surface area contributed by atoms with Gasteiger partial charge in [0, 0.05) is 24.9 Å². The minimum Gasteiger partial charge on any atom is -0.373 e. The van der Waals surface area contributed by atoms with Crippen molar-refractivity contribution in [3.8, 4) is 0 Å². The van der Waals surface area contributed by atoms with Crippen molar-refractivity contribution in [2.24, 2.45) is 5.92 Å². The van der Waals surface area contributed by atoms with E-state index in [0.717, 1.165) is 6.42 Å².